The minimum Gasteiger partial charge on any atom is -0.316 e. The molecule has 1 aromatic rings. The summed E-state index contributed by atoms with van der Waals surface area (Å²) in [6, 6.07) is 5.75. The maximum absolute atomic E-state index is 8.60. The zero-order valence-electron chi connectivity index (χ0n) is 6.33. The van der Waals surface area contributed by atoms with Crippen LogP contribution < -0.4 is 5.32 Å². The number of rotatable bonds is 2. The third-order valence-electron chi connectivity index (χ3n) is 1.36. The highest BCUT2D eigenvalue weighted by Gasteiger charge is 1.98. The van der Waals surface area contributed by atoms with Crippen LogP contribution in [0.4, 0.5) is 0 Å². The van der Waals surface area contributed by atoms with Crippen LogP contribution in [0.5, 0.6) is 0 Å². The maximum atomic E-state index is 8.60. The maximum Gasteiger partial charge on any atom is 0.144 e. The van der Waals surface area contributed by atoms with Crippen molar-refractivity contribution in [3.8, 4) is 6.07 Å². The van der Waals surface area contributed by atoms with Crippen LogP contribution in [0.25, 0.3) is 0 Å². The second kappa shape index (κ2) is 3.69. The number of nitriles is 1. The Kier molecular flexibility index (Phi) is 2.59. The number of nitrogens with zero attached hydrogens (tertiary/aromatic N) is 2. The van der Waals surface area contributed by atoms with E-state index in [9.17, 15) is 0 Å². The van der Waals surface area contributed by atoms with Crippen LogP contribution in [0.3, 0.4) is 0 Å². The molecule has 0 spiro atoms. The normalized spacial score (nSPS) is 9.09. The van der Waals surface area contributed by atoms with Crippen molar-refractivity contribution in [1.29, 1.82) is 5.26 Å². The van der Waals surface area contributed by atoms with Crippen molar-refractivity contribution in [3.05, 3.63) is 29.6 Å². The van der Waals surface area contributed by atoms with Gasteiger partial charge in [-0.25, -0.2) is 4.98 Å². The Balaban J connectivity index is 2.95. The van der Waals surface area contributed by atoms with Gasteiger partial charge in [-0.05, 0) is 13.1 Å². The molecule has 0 saturated heterocycles. The van der Waals surface area contributed by atoms with E-state index in [1.165, 1.54) is 0 Å². The summed E-state index contributed by atoms with van der Waals surface area (Å²) < 4.78 is 0. The van der Waals surface area contributed by atoms with Crippen molar-refractivity contribution in [2.45, 2.75) is 6.54 Å². The van der Waals surface area contributed by atoms with E-state index >= 15 is 0 Å². The lowest BCUT2D eigenvalue weighted by Crippen LogP contribution is -2.07. The van der Waals surface area contributed by atoms with Crippen molar-refractivity contribution >= 4 is 0 Å². The summed E-state index contributed by atoms with van der Waals surface area (Å²) >= 11 is 0. The third-order valence-corrected chi connectivity index (χ3v) is 1.36. The lowest BCUT2D eigenvalue weighted by Gasteiger charge is -1.99. The molecule has 1 N–H and O–H groups in total. The van der Waals surface area contributed by atoms with Crippen LogP contribution in [-0.4, -0.2) is 12.0 Å². The van der Waals surface area contributed by atoms with Crippen molar-refractivity contribution in [1.82, 2.24) is 10.3 Å². The highest BCUT2D eigenvalue weighted by Crippen LogP contribution is 2.01. The van der Waals surface area contributed by atoms with Crippen LogP contribution >= 0.6 is 0 Å². The summed E-state index contributed by atoms with van der Waals surface area (Å²) in [4.78, 5) is 3.91. The first-order valence-electron chi connectivity index (χ1n) is 3.37. The van der Waals surface area contributed by atoms with Crippen molar-refractivity contribution < 1.29 is 0 Å². The first kappa shape index (κ1) is 7.70. The molecule has 0 unspecified atom stereocenters. The van der Waals surface area contributed by atoms with E-state index in [2.05, 4.69) is 10.3 Å². The molecule has 0 aliphatic rings. The van der Waals surface area contributed by atoms with Gasteiger partial charge in [0.05, 0.1) is 0 Å². The molecule has 0 aromatic carbocycles. The second-order valence-electron chi connectivity index (χ2n) is 2.15. The molecule has 3 heteroatoms. The number of hydrogen-bond acceptors (Lipinski definition) is 3. The largest absolute Gasteiger partial charge is 0.316 e. The summed E-state index contributed by atoms with van der Waals surface area (Å²) in [6.45, 7) is 0.691. The van der Waals surface area contributed by atoms with Crippen molar-refractivity contribution in [2.24, 2.45) is 0 Å². The quantitative estimate of drug-likeness (QED) is 0.669. The SMILES string of the molecule is CNCc1cccnc1C#N. The molecular weight excluding hydrogens is 138 g/mol. The molecular formula is C8H9N3. The van der Waals surface area contributed by atoms with Gasteiger partial charge < -0.3 is 5.32 Å². The van der Waals surface area contributed by atoms with Gasteiger partial charge in [-0.2, -0.15) is 5.26 Å². The van der Waals surface area contributed by atoms with E-state index in [-0.39, 0.29) is 0 Å². The molecule has 0 fully saturated rings. The Labute approximate surface area is 65.7 Å². The summed E-state index contributed by atoms with van der Waals surface area (Å²) in [5, 5.41) is 11.6. The minimum absolute atomic E-state index is 0.502. The van der Waals surface area contributed by atoms with E-state index in [0.717, 1.165) is 5.56 Å². The van der Waals surface area contributed by atoms with Crippen molar-refractivity contribution in [2.75, 3.05) is 7.05 Å². The molecule has 0 radical (unpaired) electrons. The monoisotopic (exact) mass is 147 g/mol. The fourth-order valence-corrected chi connectivity index (χ4v) is 0.872. The number of nitrogens with one attached hydrogen (secondary N) is 1. The average Bonchev–Trinajstić information content (AvgIpc) is 2.06. The van der Waals surface area contributed by atoms with Gasteiger partial charge in [-0.3, -0.25) is 0 Å². The fourth-order valence-electron chi connectivity index (χ4n) is 0.872. The molecule has 0 amide bonds. The molecule has 1 rings (SSSR count). The smallest absolute Gasteiger partial charge is 0.144 e. The first-order chi connectivity index (χ1) is 5.38. The van der Waals surface area contributed by atoms with Gasteiger partial charge >= 0.3 is 0 Å². The molecule has 1 aromatic heterocycles. The average molecular weight is 147 g/mol. The lowest BCUT2D eigenvalue weighted by molar-refractivity contribution is 0.810. The Morgan fingerprint density at radius 2 is 2.55 bits per heavy atom. The molecule has 56 valence electrons. The topological polar surface area (TPSA) is 48.7 Å². The molecule has 0 atom stereocenters. The lowest BCUT2D eigenvalue weighted by atomic mass is 10.2. The van der Waals surface area contributed by atoms with E-state index in [4.69, 9.17) is 5.26 Å². The van der Waals surface area contributed by atoms with Crippen LogP contribution in [-0.2, 0) is 6.54 Å². The standard InChI is InChI=1S/C8H9N3/c1-10-6-7-3-2-4-11-8(7)5-9/h2-4,10H,6H2,1H3. The predicted octanol–water partition coefficient (Wildman–Crippen LogP) is 0.673. The zero-order chi connectivity index (χ0) is 8.10. The summed E-state index contributed by atoms with van der Waals surface area (Å²) in [6.07, 6.45) is 1.62. The van der Waals surface area contributed by atoms with Crippen LogP contribution in [0.2, 0.25) is 0 Å². The van der Waals surface area contributed by atoms with E-state index in [1.54, 1.807) is 6.20 Å². The van der Waals surface area contributed by atoms with Gasteiger partial charge in [-0.1, -0.05) is 6.07 Å². The first-order valence-corrected chi connectivity index (χ1v) is 3.37. The highest BCUT2D eigenvalue weighted by molar-refractivity contribution is 5.30. The minimum atomic E-state index is 0.502. The van der Waals surface area contributed by atoms with Crippen molar-refractivity contribution in [3.63, 3.8) is 0 Å². The Morgan fingerprint density at radius 3 is 3.18 bits per heavy atom. The third kappa shape index (κ3) is 1.76. The summed E-state index contributed by atoms with van der Waals surface area (Å²) in [5.74, 6) is 0. The second-order valence-corrected chi connectivity index (χ2v) is 2.15. The number of aromatic nitrogens is 1. The van der Waals surface area contributed by atoms with E-state index in [1.807, 2.05) is 25.2 Å². The molecule has 0 aliphatic carbocycles. The fraction of sp³-hybridized carbons (Fsp3) is 0.250. The Bertz CT molecular complexity index is 275. The number of pyridine rings is 1. The highest BCUT2D eigenvalue weighted by atomic mass is 14.8. The summed E-state index contributed by atoms with van der Waals surface area (Å²) in [5.41, 5.74) is 1.44. The van der Waals surface area contributed by atoms with Crippen LogP contribution in [0, 0.1) is 11.3 Å². The Morgan fingerprint density at radius 1 is 1.73 bits per heavy atom. The van der Waals surface area contributed by atoms with E-state index < -0.39 is 0 Å². The predicted molar refractivity (Wildman–Crippen MR) is 41.7 cm³/mol. The van der Waals surface area contributed by atoms with Gasteiger partial charge in [0.25, 0.3) is 0 Å². The van der Waals surface area contributed by atoms with Gasteiger partial charge in [-0.15, -0.1) is 0 Å². The van der Waals surface area contributed by atoms with Gasteiger partial charge in [0, 0.05) is 18.3 Å². The molecule has 0 bridgehead atoms. The van der Waals surface area contributed by atoms with Crippen LogP contribution in [0.15, 0.2) is 18.3 Å². The van der Waals surface area contributed by atoms with Gasteiger partial charge in [0.1, 0.15) is 11.8 Å². The van der Waals surface area contributed by atoms with Gasteiger partial charge in [0.2, 0.25) is 0 Å². The zero-order valence-corrected chi connectivity index (χ0v) is 6.33. The Hall–Kier alpha value is -1.40. The number of hydrogen-bond donors (Lipinski definition) is 1. The molecule has 0 aliphatic heterocycles. The van der Waals surface area contributed by atoms with Gasteiger partial charge in [0.15, 0.2) is 0 Å². The molecule has 3 nitrogen and oxygen atoms in total. The molecule has 11 heavy (non-hydrogen) atoms. The molecule has 0 saturated carbocycles. The summed E-state index contributed by atoms with van der Waals surface area (Å²) in [7, 11) is 1.84. The van der Waals surface area contributed by atoms with Crippen LogP contribution in [0.1, 0.15) is 11.3 Å². The van der Waals surface area contributed by atoms with E-state index in [0.29, 0.717) is 12.2 Å². The molecule has 1 heterocycles.